The van der Waals surface area contributed by atoms with Gasteiger partial charge in [0.05, 0.1) is 0 Å². The van der Waals surface area contributed by atoms with Crippen LogP contribution in [0.1, 0.15) is 17.9 Å². The molecule has 2 nitrogen and oxygen atoms in total. The Kier molecular flexibility index (Phi) is 2.48. The Labute approximate surface area is 82.3 Å². The number of carbonyl (C=O) groups excluding carboxylic acids is 1. The Morgan fingerprint density at radius 2 is 2.21 bits per heavy atom. The summed E-state index contributed by atoms with van der Waals surface area (Å²) in [7, 11) is 0. The number of amides is 1. The van der Waals surface area contributed by atoms with Crippen LogP contribution in [0.15, 0.2) is 24.3 Å². The van der Waals surface area contributed by atoms with E-state index in [0.29, 0.717) is 6.54 Å². The summed E-state index contributed by atoms with van der Waals surface area (Å²) < 4.78 is 13.4. The lowest BCUT2D eigenvalue weighted by molar-refractivity contribution is -0.117. The van der Waals surface area contributed by atoms with Gasteiger partial charge >= 0.3 is 0 Å². The van der Waals surface area contributed by atoms with Crippen molar-refractivity contribution in [3.63, 3.8) is 0 Å². The second-order valence-corrected chi connectivity index (χ2v) is 3.61. The molecule has 1 aromatic rings. The Balaban J connectivity index is 2.17. The Bertz CT molecular complexity index is 340. The van der Waals surface area contributed by atoms with Gasteiger partial charge in [-0.3, -0.25) is 4.79 Å². The summed E-state index contributed by atoms with van der Waals surface area (Å²) in [6.45, 7) is 1.38. The van der Waals surface area contributed by atoms with Crippen LogP contribution < -0.4 is 0 Å². The van der Waals surface area contributed by atoms with Crippen molar-refractivity contribution in [3.8, 4) is 0 Å². The normalized spacial score (nSPS) is 21.2. The number of halogens is 1. The molecule has 2 rings (SSSR count). The van der Waals surface area contributed by atoms with Crippen LogP contribution in [-0.4, -0.2) is 24.4 Å². The summed E-state index contributed by atoms with van der Waals surface area (Å²) in [4.78, 5) is 12.2. The van der Waals surface area contributed by atoms with Gasteiger partial charge in [-0.2, -0.15) is 0 Å². The molecule has 0 aromatic heterocycles. The quantitative estimate of drug-likeness (QED) is 0.655. The minimum absolute atomic E-state index is 0.162. The van der Waals surface area contributed by atoms with Gasteiger partial charge in [-0.25, -0.2) is 4.39 Å². The van der Waals surface area contributed by atoms with Crippen LogP contribution in [0.4, 0.5) is 4.39 Å². The van der Waals surface area contributed by atoms with Crippen LogP contribution >= 0.6 is 0 Å². The van der Waals surface area contributed by atoms with Crippen molar-refractivity contribution in [2.75, 3.05) is 13.1 Å². The molecule has 0 bridgehead atoms. The molecule has 1 aliphatic heterocycles. The van der Waals surface area contributed by atoms with E-state index in [4.69, 9.17) is 0 Å². The fourth-order valence-electron chi connectivity index (χ4n) is 1.94. The summed E-state index contributed by atoms with van der Waals surface area (Å²) in [5, 5.41) is 0. The zero-order valence-electron chi connectivity index (χ0n) is 7.82. The molecule has 0 N–H and O–H groups in total. The van der Waals surface area contributed by atoms with Gasteiger partial charge in [0.15, 0.2) is 0 Å². The van der Waals surface area contributed by atoms with Crippen molar-refractivity contribution in [3.05, 3.63) is 35.6 Å². The summed E-state index contributed by atoms with van der Waals surface area (Å²) in [6.07, 6.45) is 1.69. The third-order valence-electron chi connectivity index (χ3n) is 2.71. The zero-order chi connectivity index (χ0) is 9.97. The van der Waals surface area contributed by atoms with E-state index >= 15 is 0 Å². The second-order valence-electron chi connectivity index (χ2n) is 3.61. The van der Waals surface area contributed by atoms with Gasteiger partial charge in [0.2, 0.25) is 6.41 Å². The highest BCUT2D eigenvalue weighted by Crippen LogP contribution is 2.27. The zero-order valence-corrected chi connectivity index (χ0v) is 7.82. The smallest absolute Gasteiger partial charge is 0.209 e. The predicted molar refractivity (Wildman–Crippen MR) is 51.4 cm³/mol. The van der Waals surface area contributed by atoms with Gasteiger partial charge in [-0.15, -0.1) is 0 Å². The van der Waals surface area contributed by atoms with E-state index in [1.165, 1.54) is 6.07 Å². The molecule has 1 heterocycles. The first-order chi connectivity index (χ1) is 6.81. The average molecular weight is 193 g/mol. The molecule has 0 spiro atoms. The van der Waals surface area contributed by atoms with E-state index in [1.807, 2.05) is 6.07 Å². The maximum absolute atomic E-state index is 13.4. The monoisotopic (exact) mass is 193 g/mol. The highest BCUT2D eigenvalue weighted by Gasteiger charge is 2.24. The van der Waals surface area contributed by atoms with Gasteiger partial charge in [0, 0.05) is 19.0 Å². The van der Waals surface area contributed by atoms with E-state index in [2.05, 4.69) is 0 Å². The number of carbonyl (C=O) groups is 1. The van der Waals surface area contributed by atoms with Crippen LogP contribution in [0.3, 0.4) is 0 Å². The summed E-state index contributed by atoms with van der Waals surface area (Å²) in [6, 6.07) is 6.79. The number of nitrogens with zero attached hydrogens (tertiary/aromatic N) is 1. The topological polar surface area (TPSA) is 20.3 Å². The van der Waals surface area contributed by atoms with Gasteiger partial charge in [0.25, 0.3) is 0 Å². The van der Waals surface area contributed by atoms with Crippen LogP contribution in [-0.2, 0) is 4.79 Å². The fourth-order valence-corrected chi connectivity index (χ4v) is 1.94. The summed E-state index contributed by atoms with van der Waals surface area (Å²) in [5.74, 6) is 0.00616. The summed E-state index contributed by atoms with van der Waals surface area (Å²) >= 11 is 0. The lowest BCUT2D eigenvalue weighted by atomic mass is 9.98. The largest absolute Gasteiger partial charge is 0.345 e. The van der Waals surface area contributed by atoms with E-state index in [-0.39, 0.29) is 11.7 Å². The molecule has 1 atom stereocenters. The first kappa shape index (κ1) is 9.19. The molecular weight excluding hydrogens is 181 g/mol. The Morgan fingerprint density at radius 3 is 2.86 bits per heavy atom. The minimum Gasteiger partial charge on any atom is -0.345 e. The molecular formula is C11H12FNO. The lowest BCUT2D eigenvalue weighted by Gasteiger charge is -2.11. The molecule has 1 amide bonds. The maximum Gasteiger partial charge on any atom is 0.209 e. The molecule has 1 aliphatic rings. The van der Waals surface area contributed by atoms with Gasteiger partial charge in [-0.05, 0) is 18.1 Å². The molecule has 0 aliphatic carbocycles. The number of likely N-dealkylation sites (tertiary alicyclic amines) is 1. The molecule has 1 aromatic carbocycles. The molecule has 0 radical (unpaired) electrons. The Morgan fingerprint density at radius 1 is 1.43 bits per heavy atom. The first-order valence-corrected chi connectivity index (χ1v) is 4.75. The highest BCUT2D eigenvalue weighted by molar-refractivity contribution is 5.48. The molecule has 0 saturated carbocycles. The van der Waals surface area contributed by atoms with E-state index in [1.54, 1.807) is 17.0 Å². The molecule has 14 heavy (non-hydrogen) atoms. The van der Waals surface area contributed by atoms with Crippen molar-refractivity contribution in [1.29, 1.82) is 0 Å². The van der Waals surface area contributed by atoms with Gasteiger partial charge < -0.3 is 4.90 Å². The molecule has 1 fully saturated rings. The van der Waals surface area contributed by atoms with Crippen molar-refractivity contribution >= 4 is 6.41 Å². The summed E-state index contributed by atoms with van der Waals surface area (Å²) in [5.41, 5.74) is 0.733. The maximum atomic E-state index is 13.4. The number of benzene rings is 1. The third kappa shape index (κ3) is 1.62. The Hall–Kier alpha value is -1.38. The lowest BCUT2D eigenvalue weighted by Crippen LogP contribution is -2.17. The second kappa shape index (κ2) is 3.78. The molecule has 74 valence electrons. The predicted octanol–water partition coefficient (Wildman–Crippen LogP) is 1.77. The van der Waals surface area contributed by atoms with E-state index in [9.17, 15) is 9.18 Å². The number of hydrogen-bond acceptors (Lipinski definition) is 1. The van der Waals surface area contributed by atoms with Crippen molar-refractivity contribution in [2.24, 2.45) is 0 Å². The van der Waals surface area contributed by atoms with Crippen LogP contribution in [0, 0.1) is 5.82 Å². The van der Waals surface area contributed by atoms with Crippen molar-refractivity contribution in [2.45, 2.75) is 12.3 Å². The van der Waals surface area contributed by atoms with Crippen molar-refractivity contribution < 1.29 is 9.18 Å². The third-order valence-corrected chi connectivity index (χ3v) is 2.71. The van der Waals surface area contributed by atoms with Crippen LogP contribution in [0.5, 0.6) is 0 Å². The van der Waals surface area contributed by atoms with Gasteiger partial charge in [-0.1, -0.05) is 18.2 Å². The highest BCUT2D eigenvalue weighted by atomic mass is 19.1. The minimum atomic E-state index is -0.162. The number of hydrogen-bond donors (Lipinski definition) is 0. The molecule has 1 saturated heterocycles. The SMILES string of the molecule is O=CN1CCC(c2ccccc2F)C1. The average Bonchev–Trinajstić information content (AvgIpc) is 2.67. The van der Waals surface area contributed by atoms with E-state index in [0.717, 1.165) is 24.9 Å². The van der Waals surface area contributed by atoms with E-state index < -0.39 is 0 Å². The van der Waals surface area contributed by atoms with Gasteiger partial charge in [0.1, 0.15) is 5.82 Å². The molecule has 3 heteroatoms. The number of rotatable bonds is 2. The molecule has 1 unspecified atom stereocenters. The fraction of sp³-hybridized carbons (Fsp3) is 0.364. The standard InChI is InChI=1S/C11H12FNO/c12-11-4-2-1-3-10(11)9-5-6-13(7-9)8-14/h1-4,8-9H,5-7H2. The van der Waals surface area contributed by atoms with Crippen LogP contribution in [0.25, 0.3) is 0 Å². The van der Waals surface area contributed by atoms with Crippen molar-refractivity contribution in [1.82, 2.24) is 4.90 Å². The first-order valence-electron chi connectivity index (χ1n) is 4.75. The van der Waals surface area contributed by atoms with Crippen LogP contribution in [0.2, 0.25) is 0 Å².